The molecule has 42 heavy (non-hydrogen) atoms. The van der Waals surface area contributed by atoms with Gasteiger partial charge in [0, 0.05) is 22.3 Å². The topological polar surface area (TPSA) is 47.6 Å². The van der Waals surface area contributed by atoms with Gasteiger partial charge in [0.15, 0.2) is 0 Å². The van der Waals surface area contributed by atoms with E-state index in [4.69, 9.17) is 0 Å². The summed E-state index contributed by atoms with van der Waals surface area (Å²) in [6, 6.07) is 44.9. The number of rotatable bonds is 6. The molecule has 0 saturated heterocycles. The molecule has 0 spiro atoms. The van der Waals surface area contributed by atoms with Crippen LogP contribution in [0, 0.1) is 46.3 Å². The summed E-state index contributed by atoms with van der Waals surface area (Å²) in [6.07, 6.45) is 3.52. The van der Waals surface area contributed by atoms with Crippen LogP contribution in [0.4, 0.5) is 0 Å². The molecule has 0 aromatic heterocycles. The summed E-state index contributed by atoms with van der Waals surface area (Å²) in [7, 11) is 0. The fourth-order valence-corrected chi connectivity index (χ4v) is 4.67. The largest absolute Gasteiger partial charge is 0.192 e. The number of hydrogen-bond acceptors (Lipinski definition) is 2. The van der Waals surface area contributed by atoms with E-state index in [0.29, 0.717) is 11.1 Å². The minimum atomic E-state index is 0.613. The van der Waals surface area contributed by atoms with E-state index in [-0.39, 0.29) is 0 Å². The van der Waals surface area contributed by atoms with Crippen molar-refractivity contribution in [2.75, 3.05) is 0 Å². The Kier molecular flexibility index (Phi) is 9.26. The molecule has 2 nitrogen and oxygen atoms in total. The molecule has 5 rings (SSSR count). The van der Waals surface area contributed by atoms with E-state index in [1.807, 2.05) is 84.9 Å². The Bertz CT molecular complexity index is 1740. The summed E-state index contributed by atoms with van der Waals surface area (Å²) in [5.74, 6) is 12.5. The van der Waals surface area contributed by atoms with Gasteiger partial charge in [0.1, 0.15) is 12.1 Å². The molecule has 0 aliphatic carbocycles. The van der Waals surface area contributed by atoms with Gasteiger partial charge in [-0.05, 0) is 96.5 Å². The summed E-state index contributed by atoms with van der Waals surface area (Å²) in [5.41, 5.74) is 9.39. The minimum Gasteiger partial charge on any atom is -0.192 e. The lowest BCUT2D eigenvalue weighted by atomic mass is 9.97. The molecule has 0 heterocycles. The SMILES string of the molecule is N#Cc1cc(CCc2ccc(CCc3ccc(C#Cc4ccccc4)c(C#N)c3)cc2)ccc1C#Cc1ccccc1. The van der Waals surface area contributed by atoms with E-state index in [0.717, 1.165) is 59.1 Å². The molecule has 0 amide bonds. The zero-order chi connectivity index (χ0) is 29.0. The van der Waals surface area contributed by atoms with Crippen molar-refractivity contribution < 1.29 is 0 Å². The first kappa shape index (κ1) is 27.8. The second-order valence-corrected chi connectivity index (χ2v) is 10.0. The van der Waals surface area contributed by atoms with Gasteiger partial charge in [0.25, 0.3) is 0 Å². The van der Waals surface area contributed by atoms with Crippen LogP contribution in [0.25, 0.3) is 0 Å². The Morgan fingerprint density at radius 3 is 1.10 bits per heavy atom. The van der Waals surface area contributed by atoms with Crippen LogP contribution in [-0.2, 0) is 25.7 Å². The minimum absolute atomic E-state index is 0.613. The van der Waals surface area contributed by atoms with Crippen LogP contribution in [0.15, 0.2) is 121 Å². The first-order chi connectivity index (χ1) is 20.7. The molecule has 5 aromatic rings. The predicted molar refractivity (Wildman–Crippen MR) is 168 cm³/mol. The Morgan fingerprint density at radius 1 is 0.357 bits per heavy atom. The Morgan fingerprint density at radius 2 is 0.714 bits per heavy atom. The molecule has 0 saturated carbocycles. The van der Waals surface area contributed by atoms with Crippen molar-refractivity contribution in [1.29, 1.82) is 10.5 Å². The summed E-state index contributed by atoms with van der Waals surface area (Å²) >= 11 is 0. The molecule has 0 aliphatic rings. The van der Waals surface area contributed by atoms with Crippen LogP contribution < -0.4 is 0 Å². The third-order valence-corrected chi connectivity index (χ3v) is 7.07. The number of nitriles is 2. The lowest BCUT2D eigenvalue weighted by molar-refractivity contribution is 0.939. The number of nitrogens with zero attached hydrogens (tertiary/aromatic N) is 2. The second-order valence-electron chi connectivity index (χ2n) is 10.0. The first-order valence-corrected chi connectivity index (χ1v) is 14.0. The lowest BCUT2D eigenvalue weighted by Crippen LogP contribution is -1.96. The quantitative estimate of drug-likeness (QED) is 0.208. The van der Waals surface area contributed by atoms with Gasteiger partial charge in [-0.15, -0.1) is 0 Å². The van der Waals surface area contributed by atoms with Gasteiger partial charge in [-0.25, -0.2) is 0 Å². The summed E-state index contributed by atoms with van der Waals surface area (Å²) in [4.78, 5) is 0. The van der Waals surface area contributed by atoms with Crippen molar-refractivity contribution >= 4 is 0 Å². The maximum absolute atomic E-state index is 9.66. The van der Waals surface area contributed by atoms with Crippen LogP contribution in [0.3, 0.4) is 0 Å². The molecule has 0 aliphatic heterocycles. The smallest absolute Gasteiger partial charge is 0.100 e. The van der Waals surface area contributed by atoms with Gasteiger partial charge >= 0.3 is 0 Å². The maximum atomic E-state index is 9.66. The monoisotopic (exact) mass is 536 g/mol. The molecule has 0 atom stereocenters. The normalized spacial score (nSPS) is 9.86. The highest BCUT2D eigenvalue weighted by Crippen LogP contribution is 2.17. The Balaban J connectivity index is 1.16. The van der Waals surface area contributed by atoms with Gasteiger partial charge in [-0.2, -0.15) is 10.5 Å². The zero-order valence-electron chi connectivity index (χ0n) is 23.3. The standard InChI is InChI=1S/C40H28N2/c41-29-39-27-35(21-25-37(39)23-19-31-7-3-1-4-8-31)17-15-33-11-13-34(14-12-33)16-18-36-22-26-38(40(28-36)30-42)24-20-32-9-5-2-6-10-32/h1-14,21-22,25-28H,15-18H2. The Hall–Kier alpha value is -5.80. The van der Waals surface area contributed by atoms with Gasteiger partial charge in [-0.3, -0.25) is 0 Å². The molecule has 5 aromatic carbocycles. The molecule has 2 heteroatoms. The van der Waals surface area contributed by atoms with Crippen LogP contribution in [0.1, 0.15) is 55.6 Å². The molecule has 0 unspecified atom stereocenters. The summed E-state index contributed by atoms with van der Waals surface area (Å²) < 4.78 is 0. The fraction of sp³-hybridized carbons (Fsp3) is 0.100. The second kappa shape index (κ2) is 14.0. The zero-order valence-corrected chi connectivity index (χ0v) is 23.3. The maximum Gasteiger partial charge on any atom is 0.100 e. The van der Waals surface area contributed by atoms with Gasteiger partial charge in [-0.1, -0.05) is 96.5 Å². The highest BCUT2D eigenvalue weighted by molar-refractivity contribution is 5.53. The summed E-state index contributed by atoms with van der Waals surface area (Å²) in [5, 5.41) is 19.3. The van der Waals surface area contributed by atoms with Crippen LogP contribution >= 0.6 is 0 Å². The average Bonchev–Trinajstić information content (AvgIpc) is 3.06. The van der Waals surface area contributed by atoms with Crippen molar-refractivity contribution in [1.82, 2.24) is 0 Å². The van der Waals surface area contributed by atoms with E-state index in [1.54, 1.807) is 0 Å². The van der Waals surface area contributed by atoms with Gasteiger partial charge < -0.3 is 0 Å². The van der Waals surface area contributed by atoms with Crippen molar-refractivity contribution in [2.45, 2.75) is 25.7 Å². The molecule has 198 valence electrons. The van der Waals surface area contributed by atoms with Crippen molar-refractivity contribution in [3.63, 3.8) is 0 Å². The molecule has 0 fully saturated rings. The van der Waals surface area contributed by atoms with E-state index in [9.17, 15) is 10.5 Å². The molecule has 0 radical (unpaired) electrons. The molecule has 0 N–H and O–H groups in total. The third kappa shape index (κ3) is 7.65. The van der Waals surface area contributed by atoms with E-state index in [1.165, 1.54) is 11.1 Å². The third-order valence-electron chi connectivity index (χ3n) is 7.07. The van der Waals surface area contributed by atoms with E-state index in [2.05, 4.69) is 72.2 Å². The molecule has 0 bridgehead atoms. The number of benzene rings is 5. The van der Waals surface area contributed by atoms with Crippen LogP contribution in [0.5, 0.6) is 0 Å². The van der Waals surface area contributed by atoms with E-state index >= 15 is 0 Å². The van der Waals surface area contributed by atoms with Crippen LogP contribution in [0.2, 0.25) is 0 Å². The van der Waals surface area contributed by atoms with E-state index < -0.39 is 0 Å². The number of aryl methyl sites for hydroxylation is 4. The highest BCUT2D eigenvalue weighted by Gasteiger charge is 2.05. The van der Waals surface area contributed by atoms with Crippen molar-refractivity contribution in [2.24, 2.45) is 0 Å². The Labute approximate surface area is 248 Å². The fourth-order valence-electron chi connectivity index (χ4n) is 4.67. The highest BCUT2D eigenvalue weighted by atomic mass is 14.2. The molecular weight excluding hydrogens is 508 g/mol. The van der Waals surface area contributed by atoms with Crippen molar-refractivity contribution in [3.05, 3.63) is 177 Å². The first-order valence-electron chi connectivity index (χ1n) is 14.0. The molecular formula is C40H28N2. The van der Waals surface area contributed by atoms with Gasteiger partial charge in [0.2, 0.25) is 0 Å². The van der Waals surface area contributed by atoms with Gasteiger partial charge in [0.05, 0.1) is 11.1 Å². The predicted octanol–water partition coefficient (Wildman–Crippen LogP) is 7.80. The average molecular weight is 537 g/mol. The lowest BCUT2D eigenvalue weighted by Gasteiger charge is -2.07. The van der Waals surface area contributed by atoms with Crippen LogP contribution in [-0.4, -0.2) is 0 Å². The van der Waals surface area contributed by atoms with Crippen molar-refractivity contribution in [3.8, 4) is 35.8 Å². The summed E-state index contributed by atoms with van der Waals surface area (Å²) in [6.45, 7) is 0. The number of hydrogen-bond donors (Lipinski definition) is 0.